The van der Waals surface area contributed by atoms with E-state index >= 15 is 0 Å². The third-order valence-electron chi connectivity index (χ3n) is 5.08. The minimum atomic E-state index is -0.134. The van der Waals surface area contributed by atoms with Crippen LogP contribution in [0.4, 0.5) is 0 Å². The highest BCUT2D eigenvalue weighted by molar-refractivity contribution is 6.16. The van der Waals surface area contributed by atoms with Crippen LogP contribution in [0.3, 0.4) is 0 Å². The van der Waals surface area contributed by atoms with Crippen molar-refractivity contribution in [3.8, 4) is 0 Å². The number of ketones is 1. The Morgan fingerprint density at radius 1 is 0.897 bits per heavy atom. The van der Waals surface area contributed by atoms with Crippen molar-refractivity contribution in [2.24, 2.45) is 4.99 Å². The van der Waals surface area contributed by atoms with E-state index < -0.39 is 0 Å². The molecule has 0 spiro atoms. The zero-order valence-corrected chi connectivity index (χ0v) is 16.2. The Labute approximate surface area is 170 Å². The molecule has 0 radical (unpaired) electrons. The number of allylic oxidation sites excluding steroid dienone is 7. The quantitative estimate of drug-likeness (QED) is 0.748. The number of hydrogen-bond donors (Lipinski definition) is 1. The molecule has 2 aliphatic rings. The zero-order chi connectivity index (χ0) is 20.2. The van der Waals surface area contributed by atoms with Gasteiger partial charge in [-0.05, 0) is 37.5 Å². The summed E-state index contributed by atoms with van der Waals surface area (Å²) in [5, 5.41) is 12.2. The number of carbonyl (C=O) groups is 1. The van der Waals surface area contributed by atoms with E-state index in [-0.39, 0.29) is 5.78 Å². The van der Waals surface area contributed by atoms with Gasteiger partial charge in [0, 0.05) is 11.1 Å². The molecule has 1 aliphatic heterocycles. The highest BCUT2D eigenvalue weighted by Crippen LogP contribution is 2.33. The van der Waals surface area contributed by atoms with Crippen molar-refractivity contribution < 1.29 is 10.0 Å². The lowest BCUT2D eigenvalue weighted by Gasteiger charge is -2.30. The molecule has 0 atom stereocenters. The minimum Gasteiger partial charge on any atom is -0.289 e. The number of benzene rings is 2. The fourth-order valence-corrected chi connectivity index (χ4v) is 3.54. The second-order valence-electron chi connectivity index (χ2n) is 7.00. The molecule has 1 aliphatic carbocycles. The monoisotopic (exact) mass is 382 g/mol. The van der Waals surface area contributed by atoms with E-state index in [1.807, 2.05) is 55.5 Å². The second kappa shape index (κ2) is 8.25. The summed E-state index contributed by atoms with van der Waals surface area (Å²) in [6.07, 6.45) is 8.12. The summed E-state index contributed by atoms with van der Waals surface area (Å²) >= 11 is 0. The fraction of sp³-hybridized carbons (Fsp3) is 0.120. The Morgan fingerprint density at radius 2 is 1.55 bits per heavy atom. The number of rotatable bonds is 4. The van der Waals surface area contributed by atoms with Gasteiger partial charge in [-0.25, -0.2) is 10.1 Å². The van der Waals surface area contributed by atoms with Crippen LogP contribution in [0.5, 0.6) is 0 Å². The summed E-state index contributed by atoms with van der Waals surface area (Å²) in [5.41, 5.74) is 5.03. The minimum absolute atomic E-state index is 0.134. The molecule has 1 heterocycles. The number of aryl methyl sites for hydroxylation is 1. The molecule has 0 fully saturated rings. The molecule has 0 unspecified atom stereocenters. The lowest BCUT2D eigenvalue weighted by atomic mass is 9.95. The van der Waals surface area contributed by atoms with Crippen LogP contribution in [0.2, 0.25) is 0 Å². The standard InChI is InChI=1S/C25H22N2O2/c1-18-24(20-12-6-3-7-13-20)26-22(17-16-19-10-4-2-5-11-19)25(27(18)29)21-14-8-9-15-23(21)28/h2-15,29H,16-17H2,1H3. The van der Waals surface area contributed by atoms with E-state index in [1.54, 1.807) is 18.2 Å². The number of carbonyl (C=O) groups excluding carboxylic acids is 1. The Morgan fingerprint density at radius 3 is 2.24 bits per heavy atom. The van der Waals surface area contributed by atoms with Gasteiger partial charge in [0.15, 0.2) is 5.78 Å². The van der Waals surface area contributed by atoms with E-state index in [2.05, 4.69) is 12.1 Å². The summed E-state index contributed by atoms with van der Waals surface area (Å²) in [7, 11) is 0. The average molecular weight is 382 g/mol. The first kappa shape index (κ1) is 18.8. The molecular formula is C25H22N2O2. The van der Waals surface area contributed by atoms with Gasteiger partial charge in [0.05, 0.1) is 17.1 Å². The Kier molecular flexibility index (Phi) is 5.36. The third kappa shape index (κ3) is 3.89. The lowest BCUT2D eigenvalue weighted by molar-refractivity contribution is -0.111. The molecule has 2 aromatic rings. The zero-order valence-electron chi connectivity index (χ0n) is 16.2. The first-order valence-electron chi connectivity index (χ1n) is 9.65. The van der Waals surface area contributed by atoms with Gasteiger partial charge in [0.2, 0.25) is 0 Å². The maximum atomic E-state index is 12.5. The van der Waals surface area contributed by atoms with Crippen LogP contribution in [0.1, 0.15) is 24.5 Å². The number of aliphatic imine (C=N–C) groups is 1. The van der Waals surface area contributed by atoms with Gasteiger partial charge in [-0.1, -0.05) is 72.8 Å². The molecule has 0 saturated carbocycles. The van der Waals surface area contributed by atoms with Crippen LogP contribution < -0.4 is 0 Å². The maximum Gasteiger partial charge on any atom is 0.188 e. The number of hydroxylamine groups is 2. The van der Waals surface area contributed by atoms with Crippen molar-refractivity contribution in [2.45, 2.75) is 19.8 Å². The topological polar surface area (TPSA) is 52.9 Å². The van der Waals surface area contributed by atoms with Crippen LogP contribution in [0.15, 0.2) is 107 Å². The van der Waals surface area contributed by atoms with Crippen molar-refractivity contribution in [2.75, 3.05) is 0 Å². The van der Waals surface area contributed by atoms with Gasteiger partial charge in [-0.15, -0.1) is 0 Å². The molecule has 4 heteroatoms. The van der Waals surface area contributed by atoms with E-state index in [0.29, 0.717) is 34.8 Å². The molecule has 1 N–H and O–H groups in total. The molecule has 2 aromatic carbocycles. The van der Waals surface area contributed by atoms with Crippen LogP contribution in [0, 0.1) is 0 Å². The van der Waals surface area contributed by atoms with Gasteiger partial charge < -0.3 is 0 Å². The fourth-order valence-electron chi connectivity index (χ4n) is 3.54. The molecule has 0 aromatic heterocycles. The van der Waals surface area contributed by atoms with Crippen molar-refractivity contribution in [1.82, 2.24) is 5.06 Å². The smallest absolute Gasteiger partial charge is 0.188 e. The second-order valence-corrected chi connectivity index (χ2v) is 7.00. The largest absolute Gasteiger partial charge is 0.289 e. The Balaban J connectivity index is 1.79. The van der Waals surface area contributed by atoms with Crippen LogP contribution in [0.25, 0.3) is 5.70 Å². The van der Waals surface area contributed by atoms with Gasteiger partial charge in [0.25, 0.3) is 0 Å². The summed E-state index contributed by atoms with van der Waals surface area (Å²) < 4.78 is 0. The van der Waals surface area contributed by atoms with Crippen LogP contribution >= 0.6 is 0 Å². The summed E-state index contributed by atoms with van der Waals surface area (Å²) in [5.74, 6) is -0.134. The van der Waals surface area contributed by atoms with E-state index in [9.17, 15) is 10.0 Å². The maximum absolute atomic E-state index is 12.5. The van der Waals surface area contributed by atoms with Crippen molar-refractivity contribution in [3.63, 3.8) is 0 Å². The molecule has 0 amide bonds. The molecule has 144 valence electrons. The Hall–Kier alpha value is -3.50. The highest BCUT2D eigenvalue weighted by atomic mass is 16.5. The lowest BCUT2D eigenvalue weighted by Crippen LogP contribution is -2.30. The van der Waals surface area contributed by atoms with E-state index in [1.165, 1.54) is 11.6 Å². The van der Waals surface area contributed by atoms with Gasteiger partial charge in [-0.2, -0.15) is 0 Å². The molecule has 4 rings (SSSR count). The van der Waals surface area contributed by atoms with E-state index in [4.69, 9.17) is 4.99 Å². The predicted octanol–water partition coefficient (Wildman–Crippen LogP) is 5.10. The van der Waals surface area contributed by atoms with Gasteiger partial charge in [0.1, 0.15) is 5.70 Å². The summed E-state index contributed by atoms with van der Waals surface area (Å²) in [4.78, 5) is 17.4. The molecule has 29 heavy (non-hydrogen) atoms. The number of hydrogen-bond acceptors (Lipinski definition) is 4. The van der Waals surface area contributed by atoms with Crippen LogP contribution in [-0.2, 0) is 11.2 Å². The van der Waals surface area contributed by atoms with Crippen LogP contribution in [-0.4, -0.2) is 21.8 Å². The van der Waals surface area contributed by atoms with Crippen molar-refractivity contribution in [3.05, 3.63) is 113 Å². The van der Waals surface area contributed by atoms with Crippen molar-refractivity contribution in [1.29, 1.82) is 0 Å². The average Bonchev–Trinajstić information content (AvgIpc) is 2.76. The first-order valence-corrected chi connectivity index (χ1v) is 9.65. The summed E-state index contributed by atoms with van der Waals surface area (Å²) in [6.45, 7) is 1.81. The van der Waals surface area contributed by atoms with E-state index in [0.717, 1.165) is 17.0 Å². The molecular weight excluding hydrogens is 360 g/mol. The first-order chi connectivity index (χ1) is 14.1. The van der Waals surface area contributed by atoms with Gasteiger partial charge >= 0.3 is 0 Å². The number of nitrogens with zero attached hydrogens (tertiary/aromatic N) is 2. The molecule has 0 saturated heterocycles. The molecule has 0 bridgehead atoms. The Bertz CT molecular complexity index is 1070. The van der Waals surface area contributed by atoms with Crippen molar-refractivity contribution >= 4 is 17.2 Å². The summed E-state index contributed by atoms with van der Waals surface area (Å²) in [6, 6.07) is 19.9. The third-order valence-corrected chi connectivity index (χ3v) is 5.08. The molecule has 4 nitrogen and oxygen atoms in total. The normalized spacial score (nSPS) is 19.0. The highest BCUT2D eigenvalue weighted by Gasteiger charge is 2.29. The van der Waals surface area contributed by atoms with Gasteiger partial charge in [-0.3, -0.25) is 10.0 Å². The SMILES string of the molecule is CC1=C(c2ccccc2)N=C(CCc2ccccc2)C(=C2C=CC=CC2=O)N1O. The predicted molar refractivity (Wildman–Crippen MR) is 115 cm³/mol.